The fourth-order valence-corrected chi connectivity index (χ4v) is 6.63. The van der Waals surface area contributed by atoms with Crippen LogP contribution in [0.15, 0.2) is 60.7 Å². The lowest BCUT2D eigenvalue weighted by Crippen LogP contribution is -2.52. The summed E-state index contributed by atoms with van der Waals surface area (Å²) in [5.74, 6) is 0.0892. The number of esters is 1. The predicted octanol–water partition coefficient (Wildman–Crippen LogP) is 5.50. The zero-order chi connectivity index (χ0) is 22.6. The summed E-state index contributed by atoms with van der Waals surface area (Å²) in [6.45, 7) is 1.90. The SMILES string of the molecule is CCOC(=O)C1N(P(=O)(Oc2ccccc2)Oc2ccccc2)C(=S)OC12CCCCC2. The second-order valence-electron chi connectivity index (χ2n) is 7.77. The van der Waals surface area contributed by atoms with Crippen LogP contribution in [0, 0.1) is 0 Å². The third-order valence-electron chi connectivity index (χ3n) is 5.62. The lowest BCUT2D eigenvalue weighted by Gasteiger charge is -2.37. The van der Waals surface area contributed by atoms with Gasteiger partial charge in [0.15, 0.2) is 6.04 Å². The van der Waals surface area contributed by atoms with Gasteiger partial charge in [0.05, 0.1) is 6.61 Å². The number of para-hydroxylation sites is 2. The maximum Gasteiger partial charge on any atom is 0.548 e. The van der Waals surface area contributed by atoms with E-state index < -0.39 is 25.4 Å². The molecule has 2 aromatic carbocycles. The second-order valence-corrected chi connectivity index (χ2v) is 9.85. The third-order valence-corrected chi connectivity index (χ3v) is 7.86. The van der Waals surface area contributed by atoms with Crippen molar-refractivity contribution in [1.82, 2.24) is 4.67 Å². The molecule has 1 unspecified atom stereocenters. The van der Waals surface area contributed by atoms with Crippen LogP contribution in [0.1, 0.15) is 39.0 Å². The molecule has 4 rings (SSSR count). The molecule has 1 spiro atoms. The van der Waals surface area contributed by atoms with E-state index in [1.807, 2.05) is 12.1 Å². The number of thiocarbonyl (C=S) groups is 1. The van der Waals surface area contributed by atoms with Gasteiger partial charge in [0, 0.05) is 0 Å². The summed E-state index contributed by atoms with van der Waals surface area (Å²) in [6.07, 6.45) is 3.98. The number of rotatable bonds is 7. The summed E-state index contributed by atoms with van der Waals surface area (Å²) in [5.41, 5.74) is -0.919. The van der Waals surface area contributed by atoms with E-state index in [2.05, 4.69) is 0 Å². The number of ether oxygens (including phenoxy) is 2. The predicted molar refractivity (Wildman–Crippen MR) is 124 cm³/mol. The summed E-state index contributed by atoms with van der Waals surface area (Å²) < 4.78 is 39.0. The van der Waals surface area contributed by atoms with Crippen molar-refractivity contribution >= 4 is 31.1 Å². The van der Waals surface area contributed by atoms with E-state index in [4.69, 9.17) is 30.7 Å². The Morgan fingerprint density at radius 3 is 2.06 bits per heavy atom. The highest BCUT2D eigenvalue weighted by atomic mass is 32.1. The lowest BCUT2D eigenvalue weighted by atomic mass is 9.80. The molecule has 1 aliphatic carbocycles. The van der Waals surface area contributed by atoms with E-state index >= 15 is 0 Å². The van der Waals surface area contributed by atoms with Crippen LogP contribution in [-0.4, -0.2) is 34.1 Å². The van der Waals surface area contributed by atoms with Crippen LogP contribution < -0.4 is 9.05 Å². The van der Waals surface area contributed by atoms with Crippen molar-refractivity contribution in [3.63, 3.8) is 0 Å². The molecule has 2 fully saturated rings. The highest BCUT2D eigenvalue weighted by Crippen LogP contribution is 2.59. The number of hydrogen-bond donors (Lipinski definition) is 0. The number of benzene rings is 2. The topological polar surface area (TPSA) is 74.3 Å². The van der Waals surface area contributed by atoms with Gasteiger partial charge in [0.1, 0.15) is 17.1 Å². The molecule has 1 aliphatic heterocycles. The molecular weight excluding hydrogens is 449 g/mol. The van der Waals surface area contributed by atoms with Gasteiger partial charge in [-0.2, -0.15) is 0 Å². The fraction of sp³-hybridized carbons (Fsp3) is 0.391. The Labute approximate surface area is 193 Å². The Hall–Kier alpha value is -2.57. The van der Waals surface area contributed by atoms with Crippen LogP contribution in [-0.2, 0) is 18.8 Å². The average Bonchev–Trinajstić information content (AvgIpc) is 3.07. The van der Waals surface area contributed by atoms with Gasteiger partial charge in [-0.3, -0.25) is 0 Å². The number of hydrogen-bond acceptors (Lipinski definition) is 7. The summed E-state index contributed by atoms with van der Waals surface area (Å²) in [7, 11) is -4.23. The largest absolute Gasteiger partial charge is 0.548 e. The zero-order valence-electron chi connectivity index (χ0n) is 17.8. The molecule has 32 heavy (non-hydrogen) atoms. The first-order valence-corrected chi connectivity index (χ1v) is 12.7. The molecule has 1 atom stereocenters. The first-order valence-electron chi connectivity index (χ1n) is 10.8. The fourth-order valence-electron chi connectivity index (χ4n) is 4.24. The third kappa shape index (κ3) is 4.48. The molecule has 1 heterocycles. The summed E-state index contributed by atoms with van der Waals surface area (Å²) in [4.78, 5) is 13.2. The summed E-state index contributed by atoms with van der Waals surface area (Å²) in [6, 6.07) is 16.3. The van der Waals surface area contributed by atoms with E-state index in [0.717, 1.165) is 19.3 Å². The molecular formula is C23H26NO6PS. The summed E-state index contributed by atoms with van der Waals surface area (Å²) in [5, 5.41) is -0.0832. The minimum absolute atomic E-state index is 0.0832. The van der Waals surface area contributed by atoms with Crippen molar-refractivity contribution in [1.29, 1.82) is 0 Å². The molecule has 1 saturated heterocycles. The van der Waals surface area contributed by atoms with Crippen LogP contribution in [0.3, 0.4) is 0 Å². The quantitative estimate of drug-likeness (QED) is 0.295. The number of nitrogens with zero attached hydrogens (tertiary/aromatic N) is 1. The normalized spacial score (nSPS) is 20.0. The maximum absolute atomic E-state index is 14.4. The molecule has 7 nitrogen and oxygen atoms in total. The van der Waals surface area contributed by atoms with Gasteiger partial charge in [-0.15, -0.1) is 0 Å². The molecule has 0 amide bonds. The Morgan fingerprint density at radius 2 is 1.56 bits per heavy atom. The molecule has 0 N–H and O–H groups in total. The van der Waals surface area contributed by atoms with Crippen LogP contribution in [0.5, 0.6) is 11.5 Å². The Balaban J connectivity index is 1.78. The smallest absolute Gasteiger partial charge is 0.464 e. The van der Waals surface area contributed by atoms with Gasteiger partial charge in [-0.25, -0.2) is 14.0 Å². The van der Waals surface area contributed by atoms with E-state index in [1.54, 1.807) is 55.5 Å². The van der Waals surface area contributed by atoms with E-state index in [1.165, 1.54) is 4.67 Å². The van der Waals surface area contributed by atoms with Gasteiger partial charge in [0.25, 0.3) is 5.17 Å². The van der Waals surface area contributed by atoms with Crippen molar-refractivity contribution in [2.45, 2.75) is 50.7 Å². The molecule has 9 heteroatoms. The van der Waals surface area contributed by atoms with Crippen LogP contribution in [0.25, 0.3) is 0 Å². The minimum Gasteiger partial charge on any atom is -0.464 e. The Morgan fingerprint density at radius 1 is 1.03 bits per heavy atom. The Kier molecular flexibility index (Phi) is 6.72. The van der Waals surface area contributed by atoms with Crippen molar-refractivity contribution in [3.8, 4) is 11.5 Å². The van der Waals surface area contributed by atoms with Crippen molar-refractivity contribution < 1.29 is 27.9 Å². The second kappa shape index (κ2) is 9.51. The van der Waals surface area contributed by atoms with Gasteiger partial charge in [-0.1, -0.05) is 42.8 Å². The van der Waals surface area contributed by atoms with E-state index in [-0.39, 0.29) is 11.8 Å². The average molecular weight is 476 g/mol. The highest BCUT2D eigenvalue weighted by molar-refractivity contribution is 7.80. The monoisotopic (exact) mass is 475 g/mol. The molecule has 2 aromatic rings. The van der Waals surface area contributed by atoms with Gasteiger partial charge in [0.2, 0.25) is 0 Å². The number of carbonyl (C=O) groups is 1. The Bertz CT molecular complexity index is 951. The molecule has 0 aromatic heterocycles. The minimum atomic E-state index is -4.23. The molecule has 2 aliphatic rings. The molecule has 0 radical (unpaired) electrons. The maximum atomic E-state index is 14.4. The van der Waals surface area contributed by atoms with Gasteiger partial charge in [-0.05, 0) is 69.1 Å². The first kappa shape index (κ1) is 22.6. The first-order chi connectivity index (χ1) is 15.5. The number of carbonyl (C=O) groups excluding carboxylic acids is 1. The molecule has 1 saturated carbocycles. The highest BCUT2D eigenvalue weighted by Gasteiger charge is 2.63. The molecule has 0 bridgehead atoms. The van der Waals surface area contributed by atoms with E-state index in [0.29, 0.717) is 24.3 Å². The van der Waals surface area contributed by atoms with Crippen molar-refractivity contribution in [2.24, 2.45) is 0 Å². The van der Waals surface area contributed by atoms with E-state index in [9.17, 15) is 9.36 Å². The van der Waals surface area contributed by atoms with Gasteiger partial charge >= 0.3 is 13.7 Å². The summed E-state index contributed by atoms with van der Waals surface area (Å²) >= 11 is 5.52. The van der Waals surface area contributed by atoms with Gasteiger partial charge < -0.3 is 18.5 Å². The van der Waals surface area contributed by atoms with Crippen molar-refractivity contribution in [2.75, 3.05) is 6.61 Å². The standard InChI is InChI=1S/C23H26NO6PS/c1-2-27-21(25)20-23(16-10-5-11-17-23)28-22(32)24(20)31(26,29-18-12-6-3-7-13-18)30-19-14-8-4-9-15-19/h3-4,6-9,12-15,20H,2,5,10-11,16-17H2,1H3. The zero-order valence-corrected chi connectivity index (χ0v) is 19.6. The van der Waals surface area contributed by atoms with Crippen LogP contribution in [0.2, 0.25) is 0 Å². The van der Waals surface area contributed by atoms with Crippen LogP contribution in [0.4, 0.5) is 0 Å². The lowest BCUT2D eigenvalue weighted by molar-refractivity contribution is -0.152. The van der Waals surface area contributed by atoms with Crippen LogP contribution >= 0.6 is 20.0 Å². The molecule has 170 valence electrons. The van der Waals surface area contributed by atoms with Crippen molar-refractivity contribution in [3.05, 3.63) is 60.7 Å².